The standard InChI is InChI=1S/C60H78N6O3S3/c1-4-7-10-13-16-19-22-25-40-67-49-34-28-46(29-35-49)58-61-43-52(70-58)55-64-56(53-44-62-59(71-53)47-30-36-50(37-31-47)68-41-26-23-20-17-14-11-8-5-2)66-57(65-55)54-45-63-60(72-54)48-32-38-51(39-33-48)69-42-27-24-21-18-15-12-9-6-3/h28-39,43-45H,4-27,40-42H2,1-3H3. The van der Waals surface area contributed by atoms with Crippen LogP contribution < -0.4 is 14.2 Å². The molecule has 0 amide bonds. The number of hydrogen-bond acceptors (Lipinski definition) is 12. The Balaban J connectivity index is 1.02. The van der Waals surface area contributed by atoms with E-state index >= 15 is 0 Å². The molecule has 0 unspecified atom stereocenters. The average molecular weight is 1030 g/mol. The highest BCUT2D eigenvalue weighted by Crippen LogP contribution is 2.38. The van der Waals surface area contributed by atoms with Gasteiger partial charge in [-0.25, -0.2) is 29.9 Å². The molecule has 0 fully saturated rings. The van der Waals surface area contributed by atoms with Crippen molar-refractivity contribution in [1.29, 1.82) is 0 Å². The largest absolute Gasteiger partial charge is 0.494 e. The number of ether oxygens (including phenoxy) is 3. The van der Waals surface area contributed by atoms with Crippen LogP contribution in [0.15, 0.2) is 91.4 Å². The second kappa shape index (κ2) is 31.5. The highest BCUT2D eigenvalue weighted by molar-refractivity contribution is 7.19. The summed E-state index contributed by atoms with van der Waals surface area (Å²) < 4.78 is 18.3. The van der Waals surface area contributed by atoms with E-state index in [-0.39, 0.29) is 0 Å². The summed E-state index contributed by atoms with van der Waals surface area (Å²) in [6.45, 7) is 9.02. The Labute approximate surface area is 442 Å². The Morgan fingerprint density at radius 2 is 0.542 bits per heavy atom. The summed E-state index contributed by atoms with van der Waals surface area (Å²) in [6, 6.07) is 24.7. The third kappa shape index (κ3) is 18.2. The van der Waals surface area contributed by atoms with Crippen molar-refractivity contribution in [3.8, 4) is 81.1 Å². The molecule has 9 nitrogen and oxygen atoms in total. The van der Waals surface area contributed by atoms with Crippen molar-refractivity contribution < 1.29 is 14.2 Å². The van der Waals surface area contributed by atoms with E-state index < -0.39 is 0 Å². The molecule has 0 atom stereocenters. The van der Waals surface area contributed by atoms with Gasteiger partial charge < -0.3 is 14.2 Å². The van der Waals surface area contributed by atoms with Crippen LogP contribution in [0.3, 0.4) is 0 Å². The minimum Gasteiger partial charge on any atom is -0.494 e. The molecule has 7 aromatic rings. The summed E-state index contributed by atoms with van der Waals surface area (Å²) in [5, 5.41) is 2.66. The second-order valence-corrected chi connectivity index (χ2v) is 22.0. The quantitative estimate of drug-likeness (QED) is 0.0355. The van der Waals surface area contributed by atoms with Gasteiger partial charge in [0.25, 0.3) is 0 Å². The first-order chi connectivity index (χ1) is 35.6. The van der Waals surface area contributed by atoms with Crippen LogP contribution in [-0.2, 0) is 0 Å². The third-order valence-corrected chi connectivity index (χ3v) is 16.0. The first kappa shape index (κ1) is 54.7. The summed E-state index contributed by atoms with van der Waals surface area (Å²) in [7, 11) is 0. The van der Waals surface area contributed by atoms with Crippen molar-refractivity contribution in [2.24, 2.45) is 0 Å². The molecule has 4 aromatic heterocycles. The van der Waals surface area contributed by atoms with Crippen molar-refractivity contribution in [3.05, 3.63) is 91.4 Å². The topological polar surface area (TPSA) is 105 Å². The maximum Gasteiger partial charge on any atom is 0.175 e. The molecular formula is C60H78N6O3S3. The Kier molecular flexibility index (Phi) is 24.0. The van der Waals surface area contributed by atoms with Crippen LogP contribution in [-0.4, -0.2) is 49.7 Å². The van der Waals surface area contributed by atoms with Crippen molar-refractivity contribution in [2.45, 2.75) is 175 Å². The van der Waals surface area contributed by atoms with Crippen LogP contribution >= 0.6 is 34.0 Å². The van der Waals surface area contributed by atoms with Gasteiger partial charge in [0.1, 0.15) is 32.3 Å². The molecule has 0 radical (unpaired) electrons. The zero-order valence-corrected chi connectivity index (χ0v) is 45.8. The molecule has 72 heavy (non-hydrogen) atoms. The molecular weight excluding hydrogens is 949 g/mol. The van der Waals surface area contributed by atoms with E-state index in [1.165, 1.54) is 135 Å². The molecule has 3 aromatic carbocycles. The number of rotatable bonds is 36. The van der Waals surface area contributed by atoms with Crippen LogP contribution in [0.25, 0.3) is 63.8 Å². The minimum atomic E-state index is 0.560. The van der Waals surface area contributed by atoms with E-state index in [9.17, 15) is 0 Å². The lowest BCUT2D eigenvalue weighted by atomic mass is 10.1. The maximum atomic E-state index is 6.10. The maximum absolute atomic E-state index is 6.10. The summed E-state index contributed by atoms with van der Waals surface area (Å²) in [5.74, 6) is 4.33. The Morgan fingerprint density at radius 1 is 0.306 bits per heavy atom. The van der Waals surface area contributed by atoms with Gasteiger partial charge in [-0.3, -0.25) is 0 Å². The molecule has 12 heteroatoms. The monoisotopic (exact) mass is 1030 g/mol. The SMILES string of the molecule is CCCCCCCCCCOc1ccc(-c2ncc(-c3nc(-c4cnc(-c5ccc(OCCCCCCCCCC)cc5)s4)nc(-c4cnc(-c5ccc(OCCCCCCCCCC)cc5)s4)n3)s2)cc1. The molecule has 0 aliphatic carbocycles. The van der Waals surface area contributed by atoms with Gasteiger partial charge in [0.15, 0.2) is 17.5 Å². The molecule has 0 saturated heterocycles. The molecule has 384 valence electrons. The normalized spacial score (nSPS) is 11.4. The fourth-order valence-electron chi connectivity index (χ4n) is 8.60. The number of unbranched alkanes of at least 4 members (excludes halogenated alkanes) is 21. The van der Waals surface area contributed by atoms with Crippen LogP contribution in [0.5, 0.6) is 17.2 Å². The van der Waals surface area contributed by atoms with E-state index in [1.54, 1.807) is 34.0 Å². The zero-order valence-electron chi connectivity index (χ0n) is 43.4. The smallest absolute Gasteiger partial charge is 0.175 e. The number of aromatic nitrogens is 6. The molecule has 0 aliphatic heterocycles. The predicted molar refractivity (Wildman–Crippen MR) is 304 cm³/mol. The Hall–Kier alpha value is -5.04. The summed E-state index contributed by atoms with van der Waals surface area (Å²) in [4.78, 5) is 32.3. The van der Waals surface area contributed by atoms with Gasteiger partial charge >= 0.3 is 0 Å². The van der Waals surface area contributed by atoms with Crippen LogP contribution in [0, 0.1) is 0 Å². The lowest BCUT2D eigenvalue weighted by Crippen LogP contribution is -1.97. The van der Waals surface area contributed by atoms with E-state index in [4.69, 9.17) is 44.1 Å². The fourth-order valence-corrected chi connectivity index (χ4v) is 11.2. The van der Waals surface area contributed by atoms with Gasteiger partial charge in [0.2, 0.25) is 0 Å². The third-order valence-electron chi connectivity index (χ3n) is 12.9. The van der Waals surface area contributed by atoms with E-state index in [1.807, 2.05) is 55.0 Å². The number of thiazole rings is 3. The van der Waals surface area contributed by atoms with Crippen LogP contribution in [0.1, 0.15) is 175 Å². The molecule has 0 spiro atoms. The van der Waals surface area contributed by atoms with Gasteiger partial charge in [-0.15, -0.1) is 34.0 Å². The van der Waals surface area contributed by atoms with Crippen molar-refractivity contribution in [1.82, 2.24) is 29.9 Å². The second-order valence-electron chi connectivity index (χ2n) is 18.9. The van der Waals surface area contributed by atoms with Gasteiger partial charge in [-0.1, -0.05) is 156 Å². The summed E-state index contributed by atoms with van der Waals surface area (Å²) >= 11 is 4.70. The van der Waals surface area contributed by atoms with Crippen molar-refractivity contribution >= 4 is 34.0 Å². The Bertz CT molecular complexity index is 2260. The first-order valence-electron chi connectivity index (χ1n) is 27.4. The van der Waals surface area contributed by atoms with Crippen LogP contribution in [0.4, 0.5) is 0 Å². The van der Waals surface area contributed by atoms with Gasteiger partial charge in [0.05, 0.1) is 34.5 Å². The number of nitrogens with zero attached hydrogens (tertiary/aromatic N) is 6. The molecule has 4 heterocycles. The minimum absolute atomic E-state index is 0.560. The Morgan fingerprint density at radius 3 is 0.792 bits per heavy atom. The van der Waals surface area contributed by atoms with E-state index in [0.717, 1.165) is 103 Å². The van der Waals surface area contributed by atoms with E-state index in [0.29, 0.717) is 17.5 Å². The van der Waals surface area contributed by atoms with Crippen LogP contribution in [0.2, 0.25) is 0 Å². The summed E-state index contributed by atoms with van der Waals surface area (Å²) in [5.41, 5.74) is 3.07. The highest BCUT2D eigenvalue weighted by Gasteiger charge is 2.19. The number of hydrogen-bond donors (Lipinski definition) is 0. The molecule has 0 aliphatic rings. The molecule has 7 rings (SSSR count). The van der Waals surface area contributed by atoms with Gasteiger partial charge in [-0.05, 0) is 92.1 Å². The lowest BCUT2D eigenvalue weighted by molar-refractivity contribution is 0.304. The summed E-state index contributed by atoms with van der Waals surface area (Å²) in [6.07, 6.45) is 36.4. The number of benzene rings is 3. The first-order valence-corrected chi connectivity index (χ1v) is 29.9. The van der Waals surface area contributed by atoms with Crippen molar-refractivity contribution in [2.75, 3.05) is 19.8 Å². The lowest BCUT2D eigenvalue weighted by Gasteiger charge is -2.07. The van der Waals surface area contributed by atoms with Gasteiger partial charge in [0, 0.05) is 35.3 Å². The highest BCUT2D eigenvalue weighted by atomic mass is 32.1. The molecule has 0 N–H and O–H groups in total. The van der Waals surface area contributed by atoms with Crippen molar-refractivity contribution in [3.63, 3.8) is 0 Å². The van der Waals surface area contributed by atoms with Gasteiger partial charge in [-0.2, -0.15) is 0 Å². The zero-order chi connectivity index (χ0) is 49.8. The average Bonchev–Trinajstić information content (AvgIpc) is 4.24. The fraction of sp³-hybridized carbons (Fsp3) is 0.500. The predicted octanol–water partition coefficient (Wildman–Crippen LogP) is 18.8. The van der Waals surface area contributed by atoms with E-state index in [2.05, 4.69) is 57.2 Å². The molecule has 0 saturated carbocycles. The molecule has 0 bridgehead atoms.